The van der Waals surface area contributed by atoms with E-state index in [9.17, 15) is 8.42 Å². The molecule has 0 fully saturated rings. The van der Waals surface area contributed by atoms with Gasteiger partial charge >= 0.3 is 0 Å². The predicted molar refractivity (Wildman–Crippen MR) is 87.8 cm³/mol. The minimum Gasteiger partial charge on any atom is -0.383 e. The van der Waals surface area contributed by atoms with Crippen LogP contribution in [0.4, 0.5) is 0 Å². The third-order valence-electron chi connectivity index (χ3n) is 3.17. The highest BCUT2D eigenvalue weighted by Gasteiger charge is 2.29. The summed E-state index contributed by atoms with van der Waals surface area (Å²) in [6.45, 7) is 5.05. The number of ether oxygens (including phenoxy) is 1. The second-order valence-corrected chi connectivity index (χ2v) is 7.52. The van der Waals surface area contributed by atoms with Crippen LogP contribution in [0.15, 0.2) is 27.6 Å². The average Bonchev–Trinajstić information content (AvgIpc) is 2.41. The molecule has 0 aliphatic rings. The molecular weight excluding hydrogens is 356 g/mol. The maximum Gasteiger partial charge on any atom is 0.244 e. The van der Waals surface area contributed by atoms with Crippen LogP contribution in [-0.2, 0) is 21.3 Å². The van der Waals surface area contributed by atoms with Gasteiger partial charge in [0.25, 0.3) is 0 Å². The van der Waals surface area contributed by atoms with Gasteiger partial charge in [0.05, 0.1) is 11.5 Å². The van der Waals surface area contributed by atoms with Gasteiger partial charge in [-0.2, -0.15) is 4.31 Å². The molecule has 0 heterocycles. The number of hydrogen-bond acceptors (Lipinski definition) is 4. The highest BCUT2D eigenvalue weighted by atomic mass is 79.9. The van der Waals surface area contributed by atoms with Crippen molar-refractivity contribution >= 4 is 26.0 Å². The fourth-order valence-corrected chi connectivity index (χ4v) is 4.83. The van der Waals surface area contributed by atoms with E-state index in [1.54, 1.807) is 19.2 Å². The fourth-order valence-electron chi connectivity index (χ4n) is 2.23. The summed E-state index contributed by atoms with van der Waals surface area (Å²) < 4.78 is 32.9. The molecule has 0 saturated heterocycles. The molecule has 1 N–H and O–H groups in total. The van der Waals surface area contributed by atoms with Crippen LogP contribution in [-0.4, -0.2) is 46.1 Å². The maximum atomic E-state index is 12.9. The molecule has 1 atom stereocenters. The van der Waals surface area contributed by atoms with Crippen molar-refractivity contribution in [2.45, 2.75) is 31.3 Å². The zero-order valence-electron chi connectivity index (χ0n) is 12.9. The molecule has 0 saturated carbocycles. The van der Waals surface area contributed by atoms with E-state index >= 15 is 0 Å². The minimum atomic E-state index is -3.57. The van der Waals surface area contributed by atoms with Crippen molar-refractivity contribution in [3.8, 4) is 0 Å². The first kappa shape index (κ1) is 18.6. The summed E-state index contributed by atoms with van der Waals surface area (Å²) in [4.78, 5) is 0.292. The first-order chi connectivity index (χ1) is 9.88. The lowest BCUT2D eigenvalue weighted by atomic mass is 10.2. The Kier molecular flexibility index (Phi) is 7.29. The molecular formula is C14H23BrN2O3S. The normalized spacial score (nSPS) is 13.6. The van der Waals surface area contributed by atoms with Crippen molar-refractivity contribution in [2.75, 3.05) is 27.3 Å². The van der Waals surface area contributed by atoms with E-state index in [-0.39, 0.29) is 6.04 Å². The Bertz CT molecular complexity index is 563. The van der Waals surface area contributed by atoms with Crippen molar-refractivity contribution in [3.05, 3.63) is 28.2 Å². The molecule has 0 radical (unpaired) electrons. The molecule has 7 heteroatoms. The number of benzene rings is 1. The van der Waals surface area contributed by atoms with Crippen LogP contribution in [0.25, 0.3) is 0 Å². The summed E-state index contributed by atoms with van der Waals surface area (Å²) in [5, 5.41) is 3.02. The Balaban J connectivity index is 3.24. The summed E-state index contributed by atoms with van der Waals surface area (Å²) in [5.41, 5.74) is 0.926. The summed E-state index contributed by atoms with van der Waals surface area (Å²) in [6, 6.07) is 5.16. The van der Waals surface area contributed by atoms with Crippen LogP contribution in [0.3, 0.4) is 0 Å². The number of nitrogens with zero attached hydrogens (tertiary/aromatic N) is 1. The van der Waals surface area contributed by atoms with Gasteiger partial charge < -0.3 is 10.1 Å². The van der Waals surface area contributed by atoms with Crippen LogP contribution in [0.5, 0.6) is 0 Å². The lowest BCUT2D eigenvalue weighted by molar-refractivity contribution is 0.142. The van der Waals surface area contributed by atoms with Crippen LogP contribution < -0.4 is 5.32 Å². The summed E-state index contributed by atoms with van der Waals surface area (Å²) in [5.74, 6) is 0. The van der Waals surface area contributed by atoms with Crippen LogP contribution >= 0.6 is 15.9 Å². The van der Waals surface area contributed by atoms with Gasteiger partial charge in [0.1, 0.15) is 0 Å². The van der Waals surface area contributed by atoms with E-state index in [0.29, 0.717) is 29.1 Å². The standard InChI is InChI=1S/C14H23BrN2O3S/c1-5-17(11(2)10-20-4)21(18,19)14-8-12(9-16-3)6-7-13(14)15/h6-8,11,16H,5,9-10H2,1-4H3. The molecule has 1 unspecified atom stereocenters. The van der Waals surface area contributed by atoms with Gasteiger partial charge in [-0.05, 0) is 47.6 Å². The number of sulfonamides is 1. The molecule has 0 aliphatic carbocycles. The zero-order valence-corrected chi connectivity index (χ0v) is 15.3. The van der Waals surface area contributed by atoms with Gasteiger partial charge in [-0.15, -0.1) is 0 Å². The molecule has 1 aromatic carbocycles. The maximum absolute atomic E-state index is 12.9. The molecule has 0 aliphatic heterocycles. The minimum absolute atomic E-state index is 0.218. The van der Waals surface area contributed by atoms with Gasteiger partial charge in [-0.3, -0.25) is 0 Å². The van der Waals surface area contributed by atoms with Gasteiger partial charge in [-0.25, -0.2) is 8.42 Å². The molecule has 0 spiro atoms. The molecule has 5 nitrogen and oxygen atoms in total. The first-order valence-corrected chi connectivity index (χ1v) is 9.05. The monoisotopic (exact) mass is 378 g/mol. The second-order valence-electron chi connectivity index (χ2n) is 4.81. The fraction of sp³-hybridized carbons (Fsp3) is 0.571. The summed E-state index contributed by atoms with van der Waals surface area (Å²) in [6.07, 6.45) is 0. The molecule has 0 amide bonds. The average molecular weight is 379 g/mol. The van der Waals surface area contributed by atoms with E-state index in [1.807, 2.05) is 27.0 Å². The van der Waals surface area contributed by atoms with Crippen molar-refractivity contribution in [2.24, 2.45) is 0 Å². The number of rotatable bonds is 8. The van der Waals surface area contributed by atoms with Crippen LogP contribution in [0.1, 0.15) is 19.4 Å². The van der Waals surface area contributed by atoms with E-state index in [0.717, 1.165) is 5.56 Å². The summed E-state index contributed by atoms with van der Waals surface area (Å²) in [7, 11) is -0.167. The largest absolute Gasteiger partial charge is 0.383 e. The smallest absolute Gasteiger partial charge is 0.244 e. The third-order valence-corrected chi connectivity index (χ3v) is 6.26. The van der Waals surface area contributed by atoms with E-state index < -0.39 is 10.0 Å². The zero-order chi connectivity index (χ0) is 16.0. The Morgan fingerprint density at radius 2 is 2.10 bits per heavy atom. The Hall–Kier alpha value is -0.470. The van der Waals surface area contributed by atoms with Gasteiger partial charge in [0.15, 0.2) is 0 Å². The summed E-state index contributed by atoms with van der Waals surface area (Å²) >= 11 is 3.35. The molecule has 1 rings (SSSR count). The van der Waals surface area contributed by atoms with E-state index in [2.05, 4.69) is 21.2 Å². The second kappa shape index (κ2) is 8.24. The van der Waals surface area contributed by atoms with Crippen molar-refractivity contribution in [3.63, 3.8) is 0 Å². The predicted octanol–water partition coefficient (Wildman–Crippen LogP) is 2.21. The Morgan fingerprint density at radius 3 is 2.62 bits per heavy atom. The molecule has 0 aromatic heterocycles. The Morgan fingerprint density at radius 1 is 1.43 bits per heavy atom. The highest BCUT2D eigenvalue weighted by molar-refractivity contribution is 9.10. The quantitative estimate of drug-likeness (QED) is 0.753. The SMILES string of the molecule is CCN(C(C)COC)S(=O)(=O)c1cc(CNC)ccc1Br. The number of nitrogens with one attached hydrogen (secondary N) is 1. The third kappa shape index (κ3) is 4.50. The Labute approximate surface area is 135 Å². The van der Waals surface area contributed by atoms with E-state index in [1.165, 1.54) is 4.31 Å². The molecule has 1 aromatic rings. The molecule has 120 valence electrons. The number of hydrogen-bond donors (Lipinski definition) is 1. The van der Waals surface area contributed by atoms with Gasteiger partial charge in [0.2, 0.25) is 10.0 Å². The van der Waals surface area contributed by atoms with Crippen LogP contribution in [0.2, 0.25) is 0 Å². The molecule has 21 heavy (non-hydrogen) atoms. The molecule has 0 bridgehead atoms. The lowest BCUT2D eigenvalue weighted by Gasteiger charge is -2.27. The first-order valence-electron chi connectivity index (χ1n) is 6.82. The number of likely N-dealkylation sites (N-methyl/N-ethyl adjacent to an activating group) is 1. The van der Waals surface area contributed by atoms with E-state index in [4.69, 9.17) is 4.74 Å². The van der Waals surface area contributed by atoms with Crippen molar-refractivity contribution < 1.29 is 13.2 Å². The lowest BCUT2D eigenvalue weighted by Crippen LogP contribution is -2.41. The van der Waals surface area contributed by atoms with Crippen molar-refractivity contribution in [1.82, 2.24) is 9.62 Å². The van der Waals surface area contributed by atoms with Gasteiger partial charge in [-0.1, -0.05) is 13.0 Å². The number of halogens is 1. The highest BCUT2D eigenvalue weighted by Crippen LogP contribution is 2.27. The van der Waals surface area contributed by atoms with Gasteiger partial charge in [0, 0.05) is 30.7 Å². The van der Waals surface area contributed by atoms with Crippen LogP contribution in [0, 0.1) is 0 Å². The van der Waals surface area contributed by atoms with Crippen molar-refractivity contribution in [1.29, 1.82) is 0 Å². The number of methoxy groups -OCH3 is 1. The topological polar surface area (TPSA) is 58.6 Å².